The number of pyridine rings is 1. The van der Waals surface area contributed by atoms with Crippen LogP contribution in [-0.2, 0) is 0 Å². The highest BCUT2D eigenvalue weighted by Crippen LogP contribution is 2.29. The predicted octanol–water partition coefficient (Wildman–Crippen LogP) is 2.37. The Labute approximate surface area is 112 Å². The molecule has 1 saturated carbocycles. The van der Waals surface area contributed by atoms with Crippen LogP contribution in [0.5, 0.6) is 0 Å². The highest BCUT2D eigenvalue weighted by Gasteiger charge is 2.28. The molecule has 0 aliphatic heterocycles. The standard InChI is InChI=1S/C13H20N4O2/c1-10-5-8-15-12(11(10)17(18)19)16-9-13(14)6-3-2-4-7-13/h5,8H,2-4,6-7,9,14H2,1H3,(H,15,16). The molecule has 104 valence electrons. The minimum Gasteiger partial charge on any atom is -0.362 e. The topological polar surface area (TPSA) is 94.1 Å². The SMILES string of the molecule is Cc1ccnc(NCC2(N)CCCCC2)c1[N+](=O)[O-]. The fraction of sp³-hybridized carbons (Fsp3) is 0.615. The quantitative estimate of drug-likeness (QED) is 0.643. The maximum Gasteiger partial charge on any atom is 0.314 e. The van der Waals surface area contributed by atoms with Crippen LogP contribution in [0, 0.1) is 17.0 Å². The number of aromatic nitrogens is 1. The van der Waals surface area contributed by atoms with Gasteiger partial charge in [-0.15, -0.1) is 0 Å². The Hall–Kier alpha value is -1.69. The van der Waals surface area contributed by atoms with E-state index < -0.39 is 4.92 Å². The lowest BCUT2D eigenvalue weighted by Gasteiger charge is -2.33. The summed E-state index contributed by atoms with van der Waals surface area (Å²) in [5.41, 5.74) is 6.70. The van der Waals surface area contributed by atoms with Gasteiger partial charge in [0.05, 0.1) is 4.92 Å². The largest absolute Gasteiger partial charge is 0.362 e. The van der Waals surface area contributed by atoms with Crippen LogP contribution in [0.3, 0.4) is 0 Å². The van der Waals surface area contributed by atoms with Crippen molar-refractivity contribution in [2.45, 2.75) is 44.6 Å². The van der Waals surface area contributed by atoms with Crippen molar-refractivity contribution in [2.24, 2.45) is 5.73 Å². The number of anilines is 1. The molecule has 2 rings (SSSR count). The zero-order chi connectivity index (χ0) is 13.9. The van der Waals surface area contributed by atoms with E-state index >= 15 is 0 Å². The lowest BCUT2D eigenvalue weighted by molar-refractivity contribution is -0.384. The number of rotatable bonds is 4. The van der Waals surface area contributed by atoms with Crippen molar-refractivity contribution in [1.29, 1.82) is 0 Å². The molecule has 0 radical (unpaired) electrons. The Morgan fingerprint density at radius 2 is 2.16 bits per heavy atom. The smallest absolute Gasteiger partial charge is 0.314 e. The summed E-state index contributed by atoms with van der Waals surface area (Å²) >= 11 is 0. The number of nitrogens with two attached hydrogens (primary N) is 1. The molecule has 1 heterocycles. The Morgan fingerprint density at radius 3 is 2.79 bits per heavy atom. The normalized spacial score (nSPS) is 18.0. The Kier molecular flexibility index (Phi) is 3.99. The highest BCUT2D eigenvalue weighted by molar-refractivity contribution is 5.59. The first kappa shape index (κ1) is 13.7. The molecule has 1 aliphatic rings. The fourth-order valence-electron chi connectivity index (χ4n) is 2.60. The lowest BCUT2D eigenvalue weighted by Crippen LogP contribution is -2.47. The third kappa shape index (κ3) is 3.20. The van der Waals surface area contributed by atoms with E-state index in [2.05, 4.69) is 10.3 Å². The Balaban J connectivity index is 2.11. The van der Waals surface area contributed by atoms with Crippen LogP contribution in [0.2, 0.25) is 0 Å². The van der Waals surface area contributed by atoms with Gasteiger partial charge in [-0.2, -0.15) is 0 Å². The van der Waals surface area contributed by atoms with Crippen LogP contribution in [0.1, 0.15) is 37.7 Å². The van der Waals surface area contributed by atoms with E-state index in [1.165, 1.54) is 6.42 Å². The molecular weight excluding hydrogens is 244 g/mol. The summed E-state index contributed by atoms with van der Waals surface area (Å²) in [4.78, 5) is 14.7. The fourth-order valence-corrected chi connectivity index (χ4v) is 2.60. The molecule has 1 aliphatic carbocycles. The maximum absolute atomic E-state index is 11.1. The van der Waals surface area contributed by atoms with Gasteiger partial charge in [0.2, 0.25) is 5.82 Å². The van der Waals surface area contributed by atoms with Gasteiger partial charge in [0, 0.05) is 23.8 Å². The van der Waals surface area contributed by atoms with E-state index in [0.717, 1.165) is 25.7 Å². The predicted molar refractivity (Wildman–Crippen MR) is 74.1 cm³/mol. The molecule has 0 spiro atoms. The van der Waals surface area contributed by atoms with Crippen molar-refractivity contribution >= 4 is 11.5 Å². The lowest BCUT2D eigenvalue weighted by atomic mass is 9.82. The van der Waals surface area contributed by atoms with Gasteiger partial charge in [-0.3, -0.25) is 10.1 Å². The van der Waals surface area contributed by atoms with Crippen molar-refractivity contribution in [2.75, 3.05) is 11.9 Å². The first-order valence-corrected chi connectivity index (χ1v) is 6.65. The molecular formula is C13H20N4O2. The summed E-state index contributed by atoms with van der Waals surface area (Å²) in [5.74, 6) is 0.320. The van der Waals surface area contributed by atoms with Crippen LogP contribution in [-0.4, -0.2) is 22.0 Å². The molecule has 6 nitrogen and oxygen atoms in total. The summed E-state index contributed by atoms with van der Waals surface area (Å²) < 4.78 is 0. The molecule has 6 heteroatoms. The molecule has 0 amide bonds. The molecule has 1 aromatic rings. The summed E-state index contributed by atoms with van der Waals surface area (Å²) in [6.07, 6.45) is 6.97. The minimum atomic E-state index is -0.394. The summed E-state index contributed by atoms with van der Waals surface area (Å²) in [5, 5.41) is 14.1. The number of hydrogen-bond donors (Lipinski definition) is 2. The van der Waals surface area contributed by atoms with Crippen molar-refractivity contribution in [1.82, 2.24) is 4.98 Å². The Bertz CT molecular complexity index is 470. The minimum absolute atomic E-state index is 0.0434. The van der Waals surface area contributed by atoms with Crippen LogP contribution < -0.4 is 11.1 Å². The van der Waals surface area contributed by atoms with E-state index in [4.69, 9.17) is 5.73 Å². The van der Waals surface area contributed by atoms with Crippen molar-refractivity contribution in [3.05, 3.63) is 27.9 Å². The van der Waals surface area contributed by atoms with Crippen molar-refractivity contribution in [3.8, 4) is 0 Å². The Morgan fingerprint density at radius 1 is 1.47 bits per heavy atom. The van der Waals surface area contributed by atoms with E-state index in [0.29, 0.717) is 17.9 Å². The zero-order valence-corrected chi connectivity index (χ0v) is 11.2. The highest BCUT2D eigenvalue weighted by atomic mass is 16.6. The van der Waals surface area contributed by atoms with Crippen molar-refractivity contribution < 1.29 is 4.92 Å². The maximum atomic E-state index is 11.1. The zero-order valence-electron chi connectivity index (χ0n) is 11.2. The van der Waals surface area contributed by atoms with Gasteiger partial charge in [-0.1, -0.05) is 19.3 Å². The summed E-state index contributed by atoms with van der Waals surface area (Å²) in [6.45, 7) is 2.24. The number of hydrogen-bond acceptors (Lipinski definition) is 5. The molecule has 0 bridgehead atoms. The number of nitrogens with zero attached hydrogens (tertiary/aromatic N) is 2. The average Bonchev–Trinajstić information content (AvgIpc) is 2.37. The summed E-state index contributed by atoms with van der Waals surface area (Å²) in [6, 6.07) is 1.64. The molecule has 1 aromatic heterocycles. The summed E-state index contributed by atoms with van der Waals surface area (Å²) in [7, 11) is 0. The number of nitrogens with one attached hydrogen (secondary N) is 1. The second-order valence-electron chi connectivity index (χ2n) is 5.36. The molecule has 0 atom stereocenters. The molecule has 3 N–H and O–H groups in total. The van der Waals surface area contributed by atoms with E-state index in [-0.39, 0.29) is 11.2 Å². The van der Waals surface area contributed by atoms with Crippen LogP contribution >= 0.6 is 0 Å². The van der Waals surface area contributed by atoms with Gasteiger partial charge in [-0.25, -0.2) is 4.98 Å². The molecule has 0 aromatic carbocycles. The van der Waals surface area contributed by atoms with Gasteiger partial charge in [0.1, 0.15) is 0 Å². The monoisotopic (exact) mass is 264 g/mol. The van der Waals surface area contributed by atoms with Gasteiger partial charge >= 0.3 is 5.69 Å². The second kappa shape index (κ2) is 5.52. The molecule has 0 saturated heterocycles. The third-order valence-corrected chi connectivity index (χ3v) is 3.77. The van der Waals surface area contributed by atoms with Crippen molar-refractivity contribution in [3.63, 3.8) is 0 Å². The van der Waals surface area contributed by atoms with Crippen LogP contribution in [0.25, 0.3) is 0 Å². The molecule has 1 fully saturated rings. The first-order valence-electron chi connectivity index (χ1n) is 6.65. The third-order valence-electron chi connectivity index (χ3n) is 3.77. The second-order valence-corrected chi connectivity index (χ2v) is 5.36. The van der Waals surface area contributed by atoms with Gasteiger partial charge in [0.15, 0.2) is 0 Å². The van der Waals surface area contributed by atoms with E-state index in [1.54, 1.807) is 19.2 Å². The van der Waals surface area contributed by atoms with Crippen LogP contribution in [0.15, 0.2) is 12.3 Å². The van der Waals surface area contributed by atoms with E-state index in [1.807, 2.05) is 0 Å². The molecule has 0 unspecified atom stereocenters. The van der Waals surface area contributed by atoms with E-state index in [9.17, 15) is 10.1 Å². The van der Waals surface area contributed by atoms with Gasteiger partial charge < -0.3 is 11.1 Å². The van der Waals surface area contributed by atoms with Gasteiger partial charge in [0.25, 0.3) is 0 Å². The number of aryl methyl sites for hydroxylation is 1. The average molecular weight is 264 g/mol. The number of nitro groups is 1. The van der Waals surface area contributed by atoms with Crippen LogP contribution in [0.4, 0.5) is 11.5 Å². The first-order chi connectivity index (χ1) is 9.02. The van der Waals surface area contributed by atoms with Gasteiger partial charge in [-0.05, 0) is 25.8 Å². The molecule has 19 heavy (non-hydrogen) atoms.